The summed E-state index contributed by atoms with van der Waals surface area (Å²) >= 11 is 5.35. The molecule has 1 saturated heterocycles. The van der Waals surface area contributed by atoms with Gasteiger partial charge >= 0.3 is 0 Å². The largest absolute Gasteiger partial charge is 0.206 e. The molecule has 0 atom stereocenters. The van der Waals surface area contributed by atoms with E-state index in [2.05, 4.69) is 6.92 Å². The molecule has 0 nitrogen and oxygen atoms in total. The van der Waals surface area contributed by atoms with Gasteiger partial charge in [-0.05, 0) is 61.1 Å². The minimum absolute atomic E-state index is 0.000145. The second-order valence-corrected chi connectivity index (χ2v) is 13.6. The van der Waals surface area contributed by atoms with Crippen molar-refractivity contribution in [3.05, 3.63) is 40.7 Å². The number of hydrogen-bond donors (Lipinski definition) is 0. The molecule has 0 amide bonds. The van der Waals surface area contributed by atoms with Crippen molar-refractivity contribution in [3.63, 3.8) is 0 Å². The zero-order valence-electron chi connectivity index (χ0n) is 20.0. The van der Waals surface area contributed by atoms with E-state index in [1.807, 2.05) is 6.07 Å². The highest BCUT2D eigenvalue weighted by atomic mass is 35.5. The van der Waals surface area contributed by atoms with E-state index >= 15 is 0 Å². The van der Waals surface area contributed by atoms with Crippen LogP contribution in [0.4, 0.5) is 8.78 Å². The van der Waals surface area contributed by atoms with E-state index in [0.717, 1.165) is 41.7 Å². The van der Waals surface area contributed by atoms with Crippen molar-refractivity contribution in [1.29, 1.82) is 0 Å². The van der Waals surface area contributed by atoms with Crippen LogP contribution in [0.15, 0.2) is 23.7 Å². The van der Waals surface area contributed by atoms with Crippen LogP contribution < -0.4 is 0 Å². The lowest BCUT2D eigenvalue weighted by Gasteiger charge is -2.37. The van der Waals surface area contributed by atoms with Crippen molar-refractivity contribution in [2.24, 2.45) is 17.8 Å². The summed E-state index contributed by atoms with van der Waals surface area (Å²) in [4.78, 5) is 0. The Morgan fingerprint density at radius 1 is 1.00 bits per heavy atom. The number of unbranched alkanes of at least 4 members (excludes halogenated alkanes) is 3. The molecule has 1 aromatic rings. The lowest BCUT2D eigenvalue weighted by molar-refractivity contribution is 0.184. The van der Waals surface area contributed by atoms with Crippen LogP contribution in [0.5, 0.6) is 0 Å². The molecule has 32 heavy (non-hydrogen) atoms. The van der Waals surface area contributed by atoms with Gasteiger partial charge in [0.1, 0.15) is 11.6 Å². The van der Waals surface area contributed by atoms with Crippen molar-refractivity contribution >= 4 is 26.2 Å². The molecule has 4 heteroatoms. The van der Waals surface area contributed by atoms with Gasteiger partial charge < -0.3 is 0 Å². The second kappa shape index (κ2) is 13.9. The molecular weight excluding hydrogens is 438 g/mol. The summed E-state index contributed by atoms with van der Waals surface area (Å²) < 4.78 is 27.5. The van der Waals surface area contributed by atoms with Crippen molar-refractivity contribution < 1.29 is 8.78 Å². The van der Waals surface area contributed by atoms with E-state index in [4.69, 9.17) is 11.6 Å². The third-order valence-electron chi connectivity index (χ3n) is 8.14. The number of halogens is 3. The van der Waals surface area contributed by atoms with Gasteiger partial charge in [0.2, 0.25) is 0 Å². The fourth-order valence-corrected chi connectivity index (χ4v) is 9.25. The predicted octanol–water partition coefficient (Wildman–Crippen LogP) is 9.95. The Bertz CT molecular complexity index is 703. The van der Waals surface area contributed by atoms with Crippen LogP contribution in [-0.2, 0) is 6.42 Å². The first kappa shape index (κ1) is 25.9. The number of rotatable bonds is 11. The third kappa shape index (κ3) is 7.97. The van der Waals surface area contributed by atoms with Gasteiger partial charge in [-0.15, -0.1) is 0 Å². The lowest BCUT2D eigenvalue weighted by Crippen LogP contribution is -2.28. The lowest BCUT2D eigenvalue weighted by atomic mass is 9.73. The van der Waals surface area contributed by atoms with Gasteiger partial charge in [0.15, 0.2) is 0 Å². The highest BCUT2D eigenvalue weighted by Crippen LogP contribution is 2.42. The third-order valence-corrected chi connectivity index (χ3v) is 11.4. The molecular formula is C28H42ClF2Si. The molecule has 0 spiro atoms. The number of aryl methyl sites for hydroxylation is 1. The highest BCUT2D eigenvalue weighted by Gasteiger charge is 2.31. The Labute approximate surface area is 201 Å². The first-order valence-electron chi connectivity index (χ1n) is 13.2. The van der Waals surface area contributed by atoms with Crippen LogP contribution >= 0.6 is 11.6 Å². The van der Waals surface area contributed by atoms with E-state index in [-0.39, 0.29) is 14.4 Å². The molecule has 2 aliphatic rings. The molecule has 0 unspecified atom stereocenters. The Morgan fingerprint density at radius 2 is 1.72 bits per heavy atom. The maximum absolute atomic E-state index is 14.0. The van der Waals surface area contributed by atoms with E-state index in [1.54, 1.807) is 18.1 Å². The first-order valence-corrected chi connectivity index (χ1v) is 15.7. The standard InChI is InChI=1S/C28H42ClF2Si/c1-2-3-6-17-32-18-15-25(16-19-32)24-12-9-22(10-13-24)7-4-5-8-23-11-14-26(27(30)20-23)28(31)21-29/h11,14,20-22,24-25H,2-10,12-13,15-19H2,1H3/b28-21-. The molecule has 1 aliphatic carbocycles. The van der Waals surface area contributed by atoms with Crippen LogP contribution in [0.25, 0.3) is 5.83 Å². The monoisotopic (exact) mass is 479 g/mol. The summed E-state index contributed by atoms with van der Waals surface area (Å²) in [6, 6.07) is 9.55. The summed E-state index contributed by atoms with van der Waals surface area (Å²) in [7, 11) is -0.000145. The fourth-order valence-electron chi connectivity index (χ4n) is 6.07. The molecule has 3 rings (SSSR count). The van der Waals surface area contributed by atoms with Crippen LogP contribution in [0.2, 0.25) is 18.1 Å². The topological polar surface area (TPSA) is 0 Å². The van der Waals surface area contributed by atoms with Gasteiger partial charge in [-0.3, -0.25) is 0 Å². The second-order valence-electron chi connectivity index (χ2n) is 10.3. The fraction of sp³-hybridized carbons (Fsp3) is 0.714. The molecule has 1 aliphatic heterocycles. The van der Waals surface area contributed by atoms with E-state index in [0.29, 0.717) is 0 Å². The molecule has 0 bridgehead atoms. The van der Waals surface area contributed by atoms with Crippen molar-refractivity contribution in [1.82, 2.24) is 0 Å². The average Bonchev–Trinajstić information content (AvgIpc) is 2.82. The van der Waals surface area contributed by atoms with Crippen LogP contribution in [0.3, 0.4) is 0 Å². The first-order chi connectivity index (χ1) is 15.6. The summed E-state index contributed by atoms with van der Waals surface area (Å²) in [5.41, 5.74) is 1.69. The Kier molecular flexibility index (Phi) is 11.3. The van der Waals surface area contributed by atoms with E-state index < -0.39 is 11.6 Å². The molecule has 0 N–H and O–H groups in total. The van der Waals surface area contributed by atoms with Crippen molar-refractivity contribution in [3.8, 4) is 0 Å². The summed E-state index contributed by atoms with van der Waals surface area (Å²) in [5, 5.41) is 0. The molecule has 1 radical (unpaired) electrons. The summed E-state index contributed by atoms with van der Waals surface area (Å²) in [6.45, 7) is 2.31. The zero-order chi connectivity index (χ0) is 22.8. The molecule has 1 aromatic carbocycles. The van der Waals surface area contributed by atoms with Crippen molar-refractivity contribution in [2.45, 2.75) is 109 Å². The summed E-state index contributed by atoms with van der Waals surface area (Å²) in [6.07, 6.45) is 17.6. The molecule has 179 valence electrons. The normalized spacial score (nSPS) is 23.6. The van der Waals surface area contributed by atoms with Gasteiger partial charge in [-0.1, -0.05) is 101 Å². The minimum atomic E-state index is -0.715. The van der Waals surface area contributed by atoms with E-state index in [9.17, 15) is 8.78 Å². The smallest absolute Gasteiger partial charge is 0.144 e. The van der Waals surface area contributed by atoms with Gasteiger partial charge in [0, 0.05) is 19.9 Å². The van der Waals surface area contributed by atoms with Crippen LogP contribution in [0, 0.1) is 23.6 Å². The highest BCUT2D eigenvalue weighted by molar-refractivity contribution is 6.58. The molecule has 1 heterocycles. The average molecular weight is 480 g/mol. The van der Waals surface area contributed by atoms with Crippen LogP contribution in [-0.4, -0.2) is 8.80 Å². The summed E-state index contributed by atoms with van der Waals surface area (Å²) in [5.74, 6) is 1.70. The van der Waals surface area contributed by atoms with Crippen molar-refractivity contribution in [2.75, 3.05) is 0 Å². The van der Waals surface area contributed by atoms with Gasteiger partial charge in [-0.25, -0.2) is 8.78 Å². The molecule has 1 saturated carbocycles. The van der Waals surface area contributed by atoms with Gasteiger partial charge in [-0.2, -0.15) is 0 Å². The Hall–Kier alpha value is -0.673. The van der Waals surface area contributed by atoms with Crippen LogP contribution in [0.1, 0.15) is 95.1 Å². The maximum atomic E-state index is 14.0. The zero-order valence-corrected chi connectivity index (χ0v) is 21.7. The van der Waals surface area contributed by atoms with Gasteiger partial charge in [0.25, 0.3) is 0 Å². The Morgan fingerprint density at radius 3 is 2.38 bits per heavy atom. The van der Waals surface area contributed by atoms with E-state index in [1.165, 1.54) is 82.8 Å². The minimum Gasteiger partial charge on any atom is -0.206 e. The molecule has 2 fully saturated rings. The quantitative estimate of drug-likeness (QED) is 0.218. The Balaban J connectivity index is 1.29. The molecule has 0 aromatic heterocycles. The van der Waals surface area contributed by atoms with Gasteiger partial charge in [0.05, 0.1) is 0 Å². The number of hydrogen-bond acceptors (Lipinski definition) is 0. The predicted molar refractivity (Wildman–Crippen MR) is 137 cm³/mol. The SMILES string of the molecule is CCCCC[Si]1CCC(C2CCC(CCCCc3ccc(/C(F)=C/Cl)c(F)c3)CC2)CC1. The number of benzene rings is 1. The maximum Gasteiger partial charge on any atom is 0.144 e.